The van der Waals surface area contributed by atoms with Gasteiger partial charge >= 0.3 is 6.18 Å². The summed E-state index contributed by atoms with van der Waals surface area (Å²) in [5.41, 5.74) is 0.0772. The number of nitrogens with one attached hydrogen (secondary N) is 1. The molecule has 1 amide bonds. The molecule has 0 saturated heterocycles. The van der Waals surface area contributed by atoms with Crippen LogP contribution in [0.3, 0.4) is 0 Å². The van der Waals surface area contributed by atoms with E-state index in [4.69, 9.17) is 0 Å². The molecule has 0 aliphatic carbocycles. The first kappa shape index (κ1) is 16.5. The summed E-state index contributed by atoms with van der Waals surface area (Å²) in [5, 5.41) is 2.75. The van der Waals surface area contributed by atoms with E-state index in [1.54, 1.807) is 11.9 Å². The molecule has 1 aromatic carbocycles. The van der Waals surface area contributed by atoms with Crippen LogP contribution >= 0.6 is 0 Å². The van der Waals surface area contributed by atoms with E-state index in [2.05, 4.69) is 5.32 Å². The lowest BCUT2D eigenvalue weighted by Crippen LogP contribution is -2.35. The van der Waals surface area contributed by atoms with E-state index < -0.39 is 11.7 Å². The lowest BCUT2D eigenvalue weighted by atomic mass is 10.1. The first-order valence-electron chi connectivity index (χ1n) is 6.44. The summed E-state index contributed by atoms with van der Waals surface area (Å²) in [4.78, 5) is 13.2. The van der Waals surface area contributed by atoms with Crippen LogP contribution in [-0.2, 0) is 17.5 Å². The van der Waals surface area contributed by atoms with Gasteiger partial charge in [0.05, 0.1) is 12.1 Å². The molecule has 0 radical (unpaired) electrons. The van der Waals surface area contributed by atoms with Crippen molar-refractivity contribution >= 4 is 5.91 Å². The Morgan fingerprint density at radius 2 is 1.85 bits per heavy atom. The van der Waals surface area contributed by atoms with E-state index in [0.717, 1.165) is 24.1 Å². The molecule has 0 aliphatic rings. The fourth-order valence-corrected chi connectivity index (χ4v) is 1.73. The standard InChI is InChI=1S/C14H19F3N2O/c1-3-8-18-13(20)10-19(2)9-11-4-6-12(7-5-11)14(15,16)17/h4-7H,3,8-10H2,1-2H3,(H,18,20). The van der Waals surface area contributed by atoms with Crippen molar-refractivity contribution in [3.63, 3.8) is 0 Å². The maximum Gasteiger partial charge on any atom is 0.416 e. The number of benzene rings is 1. The van der Waals surface area contributed by atoms with Crippen LogP contribution in [0.15, 0.2) is 24.3 Å². The van der Waals surface area contributed by atoms with Gasteiger partial charge in [-0.3, -0.25) is 9.69 Å². The lowest BCUT2D eigenvalue weighted by molar-refractivity contribution is -0.137. The second-order valence-corrected chi connectivity index (χ2v) is 4.72. The van der Waals surface area contributed by atoms with Gasteiger partial charge < -0.3 is 5.32 Å². The summed E-state index contributed by atoms with van der Waals surface area (Å²) < 4.78 is 37.2. The second-order valence-electron chi connectivity index (χ2n) is 4.72. The molecule has 6 heteroatoms. The number of carbonyl (C=O) groups is 1. The number of rotatable bonds is 6. The topological polar surface area (TPSA) is 32.3 Å². The highest BCUT2D eigenvalue weighted by Gasteiger charge is 2.29. The molecule has 20 heavy (non-hydrogen) atoms. The van der Waals surface area contributed by atoms with Crippen molar-refractivity contribution in [2.75, 3.05) is 20.1 Å². The fourth-order valence-electron chi connectivity index (χ4n) is 1.73. The van der Waals surface area contributed by atoms with E-state index in [1.165, 1.54) is 12.1 Å². The molecule has 0 fully saturated rings. The molecule has 0 aromatic heterocycles. The van der Waals surface area contributed by atoms with Crippen LogP contribution in [-0.4, -0.2) is 30.9 Å². The highest BCUT2D eigenvalue weighted by atomic mass is 19.4. The zero-order chi connectivity index (χ0) is 15.2. The van der Waals surface area contributed by atoms with Gasteiger partial charge in [-0.1, -0.05) is 19.1 Å². The highest BCUT2D eigenvalue weighted by molar-refractivity contribution is 5.77. The largest absolute Gasteiger partial charge is 0.416 e. The number of alkyl halides is 3. The van der Waals surface area contributed by atoms with E-state index in [0.29, 0.717) is 13.1 Å². The Bertz CT molecular complexity index is 429. The molecule has 0 heterocycles. The van der Waals surface area contributed by atoms with Gasteiger partial charge in [-0.25, -0.2) is 0 Å². The predicted octanol–water partition coefficient (Wildman–Crippen LogP) is 2.66. The molecule has 1 aromatic rings. The number of nitrogens with zero attached hydrogens (tertiary/aromatic N) is 1. The normalized spacial score (nSPS) is 11.7. The summed E-state index contributed by atoms with van der Waals surface area (Å²) >= 11 is 0. The maximum absolute atomic E-state index is 12.4. The molecule has 0 aliphatic heterocycles. The summed E-state index contributed by atoms with van der Waals surface area (Å²) in [7, 11) is 1.75. The Morgan fingerprint density at radius 1 is 1.25 bits per heavy atom. The molecule has 0 bridgehead atoms. The minimum absolute atomic E-state index is 0.0822. The minimum Gasteiger partial charge on any atom is -0.355 e. The average molecular weight is 288 g/mol. The summed E-state index contributed by atoms with van der Waals surface area (Å²) in [6.45, 7) is 3.25. The molecule has 112 valence electrons. The SMILES string of the molecule is CCCNC(=O)CN(C)Cc1ccc(C(F)(F)F)cc1. The monoisotopic (exact) mass is 288 g/mol. The maximum atomic E-state index is 12.4. The molecule has 1 N–H and O–H groups in total. The van der Waals surface area contributed by atoms with Gasteiger partial charge in [0.1, 0.15) is 0 Å². The molecule has 0 saturated carbocycles. The highest BCUT2D eigenvalue weighted by Crippen LogP contribution is 2.29. The third kappa shape index (κ3) is 5.61. The molecular weight excluding hydrogens is 269 g/mol. The number of amides is 1. The second kappa shape index (κ2) is 7.28. The van der Waals surface area contributed by atoms with Crippen LogP contribution in [0.5, 0.6) is 0 Å². The van der Waals surface area contributed by atoms with Crippen LogP contribution in [0.25, 0.3) is 0 Å². The zero-order valence-electron chi connectivity index (χ0n) is 11.6. The van der Waals surface area contributed by atoms with Gasteiger partial charge in [-0.05, 0) is 31.2 Å². The Kier molecular flexibility index (Phi) is 6.01. The quantitative estimate of drug-likeness (QED) is 0.873. The molecule has 3 nitrogen and oxygen atoms in total. The van der Waals surface area contributed by atoms with Gasteiger partial charge in [0.25, 0.3) is 0 Å². The van der Waals surface area contributed by atoms with Crippen LogP contribution in [0.4, 0.5) is 13.2 Å². The smallest absolute Gasteiger partial charge is 0.355 e. The van der Waals surface area contributed by atoms with Crippen molar-refractivity contribution < 1.29 is 18.0 Å². The number of halogens is 3. The Morgan fingerprint density at radius 3 is 2.35 bits per heavy atom. The third-order valence-electron chi connectivity index (χ3n) is 2.72. The van der Waals surface area contributed by atoms with Gasteiger partial charge in [0, 0.05) is 13.1 Å². The molecule has 0 atom stereocenters. The van der Waals surface area contributed by atoms with E-state index in [-0.39, 0.29) is 12.5 Å². The number of hydrogen-bond acceptors (Lipinski definition) is 2. The van der Waals surface area contributed by atoms with E-state index >= 15 is 0 Å². The van der Waals surface area contributed by atoms with Crippen LogP contribution < -0.4 is 5.32 Å². The number of carbonyl (C=O) groups excluding carboxylic acids is 1. The van der Waals surface area contributed by atoms with Gasteiger partial charge in [0.15, 0.2) is 0 Å². The number of hydrogen-bond donors (Lipinski definition) is 1. The van der Waals surface area contributed by atoms with Crippen molar-refractivity contribution in [3.05, 3.63) is 35.4 Å². The Hall–Kier alpha value is -1.56. The summed E-state index contributed by atoms with van der Waals surface area (Å²) in [5.74, 6) is -0.0822. The predicted molar refractivity (Wildman–Crippen MR) is 71.1 cm³/mol. The minimum atomic E-state index is -4.32. The van der Waals surface area contributed by atoms with Crippen molar-refractivity contribution in [1.82, 2.24) is 10.2 Å². The molecule has 0 spiro atoms. The zero-order valence-corrected chi connectivity index (χ0v) is 11.6. The van der Waals surface area contributed by atoms with Crippen molar-refractivity contribution in [3.8, 4) is 0 Å². The van der Waals surface area contributed by atoms with Crippen LogP contribution in [0, 0.1) is 0 Å². The summed E-state index contributed by atoms with van der Waals surface area (Å²) in [6.07, 6.45) is -3.45. The lowest BCUT2D eigenvalue weighted by Gasteiger charge is -2.16. The van der Waals surface area contributed by atoms with Crippen molar-refractivity contribution in [1.29, 1.82) is 0 Å². The van der Waals surface area contributed by atoms with Crippen LogP contribution in [0.2, 0.25) is 0 Å². The van der Waals surface area contributed by atoms with Crippen LogP contribution in [0.1, 0.15) is 24.5 Å². The Balaban J connectivity index is 2.50. The number of likely N-dealkylation sites (N-methyl/N-ethyl adjacent to an activating group) is 1. The average Bonchev–Trinajstić information content (AvgIpc) is 2.35. The summed E-state index contributed by atoms with van der Waals surface area (Å²) in [6, 6.07) is 4.98. The van der Waals surface area contributed by atoms with Crippen molar-refractivity contribution in [2.45, 2.75) is 26.1 Å². The van der Waals surface area contributed by atoms with E-state index in [9.17, 15) is 18.0 Å². The van der Waals surface area contributed by atoms with Gasteiger partial charge in [-0.2, -0.15) is 13.2 Å². The third-order valence-corrected chi connectivity index (χ3v) is 2.72. The fraction of sp³-hybridized carbons (Fsp3) is 0.500. The molecule has 0 unspecified atom stereocenters. The first-order valence-corrected chi connectivity index (χ1v) is 6.44. The van der Waals surface area contributed by atoms with Gasteiger partial charge in [0.2, 0.25) is 5.91 Å². The Labute approximate surface area is 116 Å². The van der Waals surface area contributed by atoms with Gasteiger partial charge in [-0.15, -0.1) is 0 Å². The van der Waals surface area contributed by atoms with E-state index in [1.807, 2.05) is 6.92 Å². The molecule has 1 rings (SSSR count). The van der Waals surface area contributed by atoms with Crippen molar-refractivity contribution in [2.24, 2.45) is 0 Å². The molecular formula is C14H19F3N2O. The first-order chi connectivity index (χ1) is 9.32.